The van der Waals surface area contributed by atoms with Gasteiger partial charge in [-0.2, -0.15) is 0 Å². The van der Waals surface area contributed by atoms with E-state index < -0.39 is 17.8 Å². The largest absolute Gasteiger partial charge is 0.497 e. The highest BCUT2D eigenvalue weighted by Crippen LogP contribution is 2.41. The molecule has 0 aromatic heterocycles. The summed E-state index contributed by atoms with van der Waals surface area (Å²) in [6.45, 7) is 0. The third-order valence-corrected chi connectivity index (χ3v) is 6.21. The molecule has 1 fully saturated rings. The van der Waals surface area contributed by atoms with Gasteiger partial charge in [0.1, 0.15) is 17.3 Å². The Morgan fingerprint density at radius 3 is 2.35 bits per heavy atom. The lowest BCUT2D eigenvalue weighted by Gasteiger charge is -2.41. The number of nitrogens with one attached hydrogen (secondary N) is 1. The number of hydrogen-bond acceptors (Lipinski definition) is 4. The molecule has 0 saturated carbocycles. The summed E-state index contributed by atoms with van der Waals surface area (Å²) in [7, 11) is 3.08. The second kappa shape index (κ2) is 10.1. The summed E-state index contributed by atoms with van der Waals surface area (Å²) in [5, 5.41) is 3.28. The Hall–Kier alpha value is -3.58. The van der Waals surface area contributed by atoms with E-state index in [-0.39, 0.29) is 18.2 Å². The van der Waals surface area contributed by atoms with Crippen LogP contribution in [0.5, 0.6) is 11.5 Å². The second-order valence-electron chi connectivity index (χ2n) is 7.94. The normalized spacial score (nSPS) is 17.9. The molecule has 1 saturated heterocycles. The van der Waals surface area contributed by atoms with E-state index in [1.165, 1.54) is 19.2 Å². The summed E-state index contributed by atoms with van der Waals surface area (Å²) >= 11 is 6.21. The second-order valence-corrected chi connectivity index (χ2v) is 8.35. The highest BCUT2D eigenvalue weighted by molar-refractivity contribution is 6.32. The van der Waals surface area contributed by atoms with E-state index >= 15 is 0 Å². The Balaban J connectivity index is 1.70. The molecule has 0 bridgehead atoms. The monoisotopic (exact) mass is 482 g/mol. The Morgan fingerprint density at radius 1 is 1.03 bits per heavy atom. The van der Waals surface area contributed by atoms with Gasteiger partial charge < -0.3 is 19.7 Å². The zero-order chi connectivity index (χ0) is 24.2. The van der Waals surface area contributed by atoms with Gasteiger partial charge in [-0.1, -0.05) is 23.7 Å². The van der Waals surface area contributed by atoms with Crippen molar-refractivity contribution < 1.29 is 23.5 Å². The zero-order valence-electron chi connectivity index (χ0n) is 18.8. The zero-order valence-corrected chi connectivity index (χ0v) is 19.5. The van der Waals surface area contributed by atoms with Crippen molar-refractivity contribution in [3.8, 4) is 11.5 Å². The first kappa shape index (κ1) is 23.6. The minimum absolute atomic E-state index is 0.115. The number of benzene rings is 3. The first-order chi connectivity index (χ1) is 16.4. The van der Waals surface area contributed by atoms with Crippen molar-refractivity contribution in [2.45, 2.75) is 18.9 Å². The van der Waals surface area contributed by atoms with Crippen LogP contribution in [0.3, 0.4) is 0 Å². The molecule has 1 aliphatic heterocycles. The molecule has 2 atom stereocenters. The molecule has 2 unspecified atom stereocenters. The molecular weight excluding hydrogens is 459 g/mol. The molecule has 0 radical (unpaired) electrons. The lowest BCUT2D eigenvalue weighted by Crippen LogP contribution is -2.47. The molecule has 6 nitrogen and oxygen atoms in total. The van der Waals surface area contributed by atoms with E-state index in [0.717, 1.165) is 0 Å². The van der Waals surface area contributed by atoms with Crippen LogP contribution in [-0.4, -0.2) is 26.0 Å². The van der Waals surface area contributed by atoms with Gasteiger partial charge in [0.05, 0.1) is 31.2 Å². The maximum Gasteiger partial charge on any atom is 0.229 e. The lowest BCUT2D eigenvalue weighted by atomic mass is 9.83. The number of hydrogen-bond donors (Lipinski definition) is 1. The smallest absolute Gasteiger partial charge is 0.229 e. The van der Waals surface area contributed by atoms with E-state index in [1.54, 1.807) is 66.6 Å². The number of rotatable bonds is 6. The Morgan fingerprint density at radius 2 is 1.74 bits per heavy atom. The fourth-order valence-electron chi connectivity index (χ4n) is 4.23. The molecular formula is C26H24ClFN2O4. The van der Waals surface area contributed by atoms with Gasteiger partial charge >= 0.3 is 0 Å². The number of carbonyl (C=O) groups is 2. The van der Waals surface area contributed by atoms with Crippen LogP contribution in [0.2, 0.25) is 5.02 Å². The van der Waals surface area contributed by atoms with Gasteiger partial charge in [-0.05, 0) is 66.6 Å². The molecule has 0 spiro atoms. The van der Waals surface area contributed by atoms with Crippen LogP contribution in [0.1, 0.15) is 24.4 Å². The predicted molar refractivity (Wildman–Crippen MR) is 129 cm³/mol. The van der Waals surface area contributed by atoms with Crippen molar-refractivity contribution >= 4 is 34.8 Å². The highest BCUT2D eigenvalue weighted by Gasteiger charge is 2.41. The standard InChI is InChI=1S/C26H24ClFN2O4/c1-33-20-10-8-19(9-11-20)30-24(31)14-12-21(25(30)16-3-5-17(28)6-4-16)26(32)29-18-7-13-23(34-2)22(27)15-18/h3-11,13,15,21,25H,12,14H2,1-2H3,(H,29,32). The molecule has 1 heterocycles. The topological polar surface area (TPSA) is 67.9 Å². The number of ether oxygens (including phenoxy) is 2. The summed E-state index contributed by atoms with van der Waals surface area (Å²) in [5.74, 6) is -0.200. The molecule has 4 rings (SSSR count). The molecule has 0 aliphatic carbocycles. The van der Waals surface area contributed by atoms with E-state index in [2.05, 4.69) is 5.32 Å². The summed E-state index contributed by atoms with van der Waals surface area (Å²) in [5.41, 5.74) is 1.81. The van der Waals surface area contributed by atoms with E-state index in [9.17, 15) is 14.0 Å². The van der Waals surface area contributed by atoms with Gasteiger partial charge in [-0.25, -0.2) is 4.39 Å². The Labute approximate surface area is 202 Å². The maximum atomic E-state index is 13.7. The van der Waals surface area contributed by atoms with Crippen LogP contribution in [0.4, 0.5) is 15.8 Å². The molecule has 2 amide bonds. The van der Waals surface area contributed by atoms with Gasteiger partial charge in [0.2, 0.25) is 11.8 Å². The quantitative estimate of drug-likeness (QED) is 0.495. The summed E-state index contributed by atoms with van der Waals surface area (Å²) in [6.07, 6.45) is 0.550. The fourth-order valence-corrected chi connectivity index (χ4v) is 4.49. The number of methoxy groups -OCH3 is 2. The third-order valence-electron chi connectivity index (χ3n) is 5.92. The highest BCUT2D eigenvalue weighted by atomic mass is 35.5. The number of halogens is 2. The minimum Gasteiger partial charge on any atom is -0.497 e. The summed E-state index contributed by atoms with van der Waals surface area (Å²) in [6, 6.07) is 17.3. The predicted octanol–water partition coefficient (Wildman–Crippen LogP) is 5.62. The summed E-state index contributed by atoms with van der Waals surface area (Å²) in [4.78, 5) is 28.2. The molecule has 3 aromatic carbocycles. The van der Waals surface area contributed by atoms with Gasteiger partial charge in [-0.15, -0.1) is 0 Å². The number of anilines is 2. The number of carbonyl (C=O) groups excluding carboxylic acids is 2. The number of piperidine rings is 1. The maximum absolute atomic E-state index is 13.7. The molecule has 1 N–H and O–H groups in total. The Kier molecular flexibility index (Phi) is 7.03. The summed E-state index contributed by atoms with van der Waals surface area (Å²) < 4.78 is 24.1. The average Bonchev–Trinajstić information content (AvgIpc) is 2.84. The fraction of sp³-hybridized carbons (Fsp3) is 0.231. The van der Waals surface area contributed by atoms with Crippen molar-refractivity contribution in [2.24, 2.45) is 5.92 Å². The molecule has 1 aliphatic rings. The van der Waals surface area contributed by atoms with Crippen LogP contribution in [-0.2, 0) is 9.59 Å². The van der Waals surface area contributed by atoms with Gasteiger partial charge in [0, 0.05) is 17.8 Å². The van der Waals surface area contributed by atoms with Crippen LogP contribution >= 0.6 is 11.6 Å². The minimum atomic E-state index is -0.621. The van der Waals surface area contributed by atoms with E-state index in [0.29, 0.717) is 39.9 Å². The van der Waals surface area contributed by atoms with Crippen molar-refractivity contribution in [3.63, 3.8) is 0 Å². The van der Waals surface area contributed by atoms with Crippen LogP contribution < -0.4 is 19.7 Å². The van der Waals surface area contributed by atoms with E-state index in [1.807, 2.05) is 0 Å². The van der Waals surface area contributed by atoms with Gasteiger partial charge in [0.15, 0.2) is 0 Å². The van der Waals surface area contributed by atoms with Crippen molar-refractivity contribution in [3.05, 3.63) is 83.1 Å². The number of amides is 2. The SMILES string of the molecule is COc1ccc(N2C(=O)CCC(C(=O)Nc3ccc(OC)c(Cl)c3)C2c2ccc(F)cc2)cc1. The van der Waals surface area contributed by atoms with E-state index in [4.69, 9.17) is 21.1 Å². The van der Waals surface area contributed by atoms with Crippen LogP contribution in [0, 0.1) is 11.7 Å². The van der Waals surface area contributed by atoms with Crippen molar-refractivity contribution in [2.75, 3.05) is 24.4 Å². The lowest BCUT2D eigenvalue weighted by molar-refractivity contribution is -0.125. The first-order valence-electron chi connectivity index (χ1n) is 10.8. The third kappa shape index (κ3) is 4.84. The molecule has 3 aromatic rings. The van der Waals surface area contributed by atoms with Gasteiger partial charge in [-0.3, -0.25) is 9.59 Å². The van der Waals surface area contributed by atoms with Crippen molar-refractivity contribution in [1.82, 2.24) is 0 Å². The number of nitrogens with zero attached hydrogens (tertiary/aromatic N) is 1. The first-order valence-corrected chi connectivity index (χ1v) is 11.1. The van der Waals surface area contributed by atoms with Crippen LogP contribution in [0.15, 0.2) is 66.7 Å². The molecule has 176 valence electrons. The average molecular weight is 483 g/mol. The van der Waals surface area contributed by atoms with Crippen LogP contribution in [0.25, 0.3) is 0 Å². The Bertz CT molecular complexity index is 1180. The molecule has 8 heteroatoms. The van der Waals surface area contributed by atoms with Crippen molar-refractivity contribution in [1.29, 1.82) is 0 Å². The molecule has 34 heavy (non-hydrogen) atoms. The van der Waals surface area contributed by atoms with Gasteiger partial charge in [0.25, 0.3) is 0 Å².